The van der Waals surface area contributed by atoms with Gasteiger partial charge in [-0.2, -0.15) is 0 Å². The van der Waals surface area contributed by atoms with Crippen LogP contribution in [0.4, 0.5) is 0 Å². The lowest BCUT2D eigenvalue weighted by Gasteiger charge is -2.17. The number of pyridine rings is 1. The van der Waals surface area contributed by atoms with Crippen molar-refractivity contribution in [3.8, 4) is 0 Å². The molecular formula is C15H21N3. The Morgan fingerprint density at radius 2 is 2.28 bits per heavy atom. The second kappa shape index (κ2) is 6.97. The molecule has 3 nitrogen and oxygen atoms in total. The SMILES string of the molecule is CCCNC(CCc1cccnc1)c1ccc[nH]1. The van der Waals surface area contributed by atoms with Gasteiger partial charge in [-0.15, -0.1) is 0 Å². The van der Waals surface area contributed by atoms with Crippen molar-refractivity contribution in [3.05, 3.63) is 54.1 Å². The molecule has 0 aliphatic carbocycles. The Bertz CT molecular complexity index is 422. The molecule has 0 aliphatic heterocycles. The first-order valence-electron chi connectivity index (χ1n) is 6.65. The fourth-order valence-electron chi connectivity index (χ4n) is 2.10. The van der Waals surface area contributed by atoms with Crippen LogP contribution in [0.1, 0.15) is 37.1 Å². The van der Waals surface area contributed by atoms with Gasteiger partial charge in [-0.25, -0.2) is 0 Å². The molecule has 0 fully saturated rings. The highest BCUT2D eigenvalue weighted by molar-refractivity contribution is 5.12. The van der Waals surface area contributed by atoms with Gasteiger partial charge >= 0.3 is 0 Å². The maximum absolute atomic E-state index is 4.16. The van der Waals surface area contributed by atoms with Gasteiger partial charge in [0.2, 0.25) is 0 Å². The Labute approximate surface area is 109 Å². The molecule has 1 unspecified atom stereocenters. The number of hydrogen-bond acceptors (Lipinski definition) is 2. The third-order valence-electron chi connectivity index (χ3n) is 3.08. The zero-order valence-corrected chi connectivity index (χ0v) is 10.9. The average Bonchev–Trinajstić information content (AvgIpc) is 2.94. The number of aromatic amines is 1. The molecule has 0 bridgehead atoms. The van der Waals surface area contributed by atoms with Crippen molar-refractivity contribution in [1.82, 2.24) is 15.3 Å². The molecule has 2 heterocycles. The standard InChI is InChI=1S/C15H21N3/c1-2-9-17-15(14-6-4-11-18-14)8-7-13-5-3-10-16-12-13/h3-6,10-12,15,17-18H,2,7-9H2,1H3. The summed E-state index contributed by atoms with van der Waals surface area (Å²) in [7, 11) is 0. The van der Waals surface area contributed by atoms with E-state index in [-0.39, 0.29) is 0 Å². The van der Waals surface area contributed by atoms with Gasteiger partial charge in [0.25, 0.3) is 0 Å². The number of H-pyrrole nitrogens is 1. The smallest absolute Gasteiger partial charge is 0.0476 e. The summed E-state index contributed by atoms with van der Waals surface area (Å²) in [5.41, 5.74) is 2.57. The Balaban J connectivity index is 1.93. The van der Waals surface area contributed by atoms with Gasteiger partial charge in [-0.3, -0.25) is 4.98 Å². The summed E-state index contributed by atoms with van der Waals surface area (Å²) in [5, 5.41) is 3.59. The van der Waals surface area contributed by atoms with Gasteiger partial charge in [0.05, 0.1) is 0 Å². The van der Waals surface area contributed by atoms with Crippen LogP contribution in [0, 0.1) is 0 Å². The fraction of sp³-hybridized carbons (Fsp3) is 0.400. The van der Waals surface area contributed by atoms with Crippen LogP contribution in [0.3, 0.4) is 0 Å². The van der Waals surface area contributed by atoms with E-state index in [0.717, 1.165) is 25.8 Å². The highest BCUT2D eigenvalue weighted by Gasteiger charge is 2.11. The number of nitrogens with zero attached hydrogens (tertiary/aromatic N) is 1. The molecule has 2 aromatic rings. The third kappa shape index (κ3) is 3.70. The predicted molar refractivity (Wildman–Crippen MR) is 74.4 cm³/mol. The van der Waals surface area contributed by atoms with Crippen molar-refractivity contribution >= 4 is 0 Å². The lowest BCUT2D eigenvalue weighted by Crippen LogP contribution is -2.23. The zero-order valence-electron chi connectivity index (χ0n) is 10.9. The number of rotatable bonds is 7. The van der Waals surface area contributed by atoms with Crippen molar-refractivity contribution in [3.63, 3.8) is 0 Å². The molecule has 3 heteroatoms. The van der Waals surface area contributed by atoms with Crippen molar-refractivity contribution in [2.75, 3.05) is 6.54 Å². The van der Waals surface area contributed by atoms with E-state index in [2.05, 4.69) is 40.4 Å². The van der Waals surface area contributed by atoms with Crippen molar-refractivity contribution < 1.29 is 0 Å². The highest BCUT2D eigenvalue weighted by atomic mass is 14.9. The topological polar surface area (TPSA) is 40.7 Å². The van der Waals surface area contributed by atoms with Crippen LogP contribution >= 0.6 is 0 Å². The van der Waals surface area contributed by atoms with E-state index < -0.39 is 0 Å². The van der Waals surface area contributed by atoms with Crippen LogP contribution < -0.4 is 5.32 Å². The molecule has 2 aromatic heterocycles. The van der Waals surface area contributed by atoms with Gasteiger partial charge in [0.1, 0.15) is 0 Å². The molecule has 2 rings (SSSR count). The average molecular weight is 243 g/mol. The van der Waals surface area contributed by atoms with E-state index in [9.17, 15) is 0 Å². The molecule has 0 aliphatic rings. The van der Waals surface area contributed by atoms with Crippen LogP contribution in [0.5, 0.6) is 0 Å². The minimum atomic E-state index is 0.403. The number of nitrogens with one attached hydrogen (secondary N) is 2. The summed E-state index contributed by atoms with van der Waals surface area (Å²) in [6.07, 6.45) is 9.05. The lowest BCUT2D eigenvalue weighted by atomic mass is 10.0. The minimum absolute atomic E-state index is 0.403. The second-order valence-corrected chi connectivity index (χ2v) is 4.53. The van der Waals surface area contributed by atoms with Crippen LogP contribution in [0.2, 0.25) is 0 Å². The molecule has 0 aromatic carbocycles. The van der Waals surface area contributed by atoms with Crippen LogP contribution in [-0.2, 0) is 6.42 Å². The molecule has 0 saturated carbocycles. The molecule has 0 amide bonds. The summed E-state index contributed by atoms with van der Waals surface area (Å²) in [6, 6.07) is 8.74. The van der Waals surface area contributed by atoms with E-state index >= 15 is 0 Å². The minimum Gasteiger partial charge on any atom is -0.364 e. The first kappa shape index (κ1) is 12.8. The Hall–Kier alpha value is -1.61. The van der Waals surface area contributed by atoms with Gasteiger partial charge in [0.15, 0.2) is 0 Å². The van der Waals surface area contributed by atoms with Gasteiger partial charge in [-0.05, 0) is 49.6 Å². The van der Waals surface area contributed by atoms with Gasteiger partial charge in [0, 0.05) is 30.3 Å². The third-order valence-corrected chi connectivity index (χ3v) is 3.08. The molecule has 18 heavy (non-hydrogen) atoms. The fourth-order valence-corrected chi connectivity index (χ4v) is 2.10. The summed E-state index contributed by atoms with van der Waals surface area (Å²) in [4.78, 5) is 7.46. The van der Waals surface area contributed by atoms with Gasteiger partial charge in [-0.1, -0.05) is 13.0 Å². The largest absolute Gasteiger partial charge is 0.364 e. The number of hydrogen-bond donors (Lipinski definition) is 2. The summed E-state index contributed by atoms with van der Waals surface area (Å²) in [6.45, 7) is 3.25. The van der Waals surface area contributed by atoms with Crippen molar-refractivity contribution in [1.29, 1.82) is 0 Å². The van der Waals surface area contributed by atoms with Crippen molar-refractivity contribution in [2.45, 2.75) is 32.2 Å². The molecule has 0 spiro atoms. The van der Waals surface area contributed by atoms with E-state index in [1.165, 1.54) is 11.3 Å². The molecule has 1 atom stereocenters. The van der Waals surface area contributed by atoms with Crippen LogP contribution in [0.25, 0.3) is 0 Å². The number of aryl methyl sites for hydroxylation is 1. The molecular weight excluding hydrogens is 222 g/mol. The lowest BCUT2D eigenvalue weighted by molar-refractivity contribution is 0.490. The number of aromatic nitrogens is 2. The summed E-state index contributed by atoms with van der Waals surface area (Å²) < 4.78 is 0. The second-order valence-electron chi connectivity index (χ2n) is 4.53. The first-order chi connectivity index (χ1) is 8.90. The Morgan fingerprint density at radius 1 is 1.33 bits per heavy atom. The highest BCUT2D eigenvalue weighted by Crippen LogP contribution is 2.17. The first-order valence-corrected chi connectivity index (χ1v) is 6.65. The summed E-state index contributed by atoms with van der Waals surface area (Å²) >= 11 is 0. The molecule has 96 valence electrons. The normalized spacial score (nSPS) is 12.5. The van der Waals surface area contributed by atoms with E-state index in [4.69, 9.17) is 0 Å². The van der Waals surface area contributed by atoms with E-state index in [0.29, 0.717) is 6.04 Å². The summed E-state index contributed by atoms with van der Waals surface area (Å²) in [5.74, 6) is 0. The Kier molecular flexibility index (Phi) is 4.97. The van der Waals surface area contributed by atoms with E-state index in [1.807, 2.05) is 24.7 Å². The Morgan fingerprint density at radius 3 is 2.94 bits per heavy atom. The molecule has 0 saturated heterocycles. The maximum Gasteiger partial charge on any atom is 0.0476 e. The van der Waals surface area contributed by atoms with Gasteiger partial charge < -0.3 is 10.3 Å². The van der Waals surface area contributed by atoms with Crippen LogP contribution in [-0.4, -0.2) is 16.5 Å². The van der Waals surface area contributed by atoms with Crippen molar-refractivity contribution in [2.24, 2.45) is 0 Å². The quantitative estimate of drug-likeness (QED) is 0.784. The maximum atomic E-state index is 4.16. The zero-order chi connectivity index (χ0) is 12.6. The monoisotopic (exact) mass is 243 g/mol. The van der Waals surface area contributed by atoms with Crippen LogP contribution in [0.15, 0.2) is 42.9 Å². The molecule has 0 radical (unpaired) electrons. The predicted octanol–water partition coefficient (Wildman–Crippen LogP) is 3.08. The molecule has 2 N–H and O–H groups in total. The van der Waals surface area contributed by atoms with E-state index in [1.54, 1.807) is 0 Å².